The molecule has 0 spiro atoms. The summed E-state index contributed by atoms with van der Waals surface area (Å²) in [7, 11) is -3.06. The summed E-state index contributed by atoms with van der Waals surface area (Å²) in [6.07, 6.45) is 4.77. The Bertz CT molecular complexity index is 772. The lowest BCUT2D eigenvalue weighted by Crippen LogP contribution is -2.39. The molecule has 1 fully saturated rings. The monoisotopic (exact) mass is 346 g/mol. The van der Waals surface area contributed by atoms with Crippen LogP contribution in [0.15, 0.2) is 42.6 Å². The van der Waals surface area contributed by atoms with Crippen molar-refractivity contribution in [2.75, 3.05) is 31.2 Å². The number of nitrogens with one attached hydrogen (secondary N) is 1. The van der Waals surface area contributed by atoms with Crippen LogP contribution in [-0.2, 0) is 10.0 Å². The number of piperidine rings is 1. The van der Waals surface area contributed by atoms with Crippen LogP contribution >= 0.6 is 0 Å². The summed E-state index contributed by atoms with van der Waals surface area (Å²) in [6, 6.07) is 11.7. The van der Waals surface area contributed by atoms with Gasteiger partial charge in [0.05, 0.1) is 6.26 Å². The van der Waals surface area contributed by atoms with E-state index in [1.165, 1.54) is 6.26 Å². The van der Waals surface area contributed by atoms with Gasteiger partial charge in [-0.15, -0.1) is 0 Å². The highest BCUT2D eigenvalue weighted by atomic mass is 32.2. The van der Waals surface area contributed by atoms with E-state index in [1.54, 1.807) is 10.5 Å². The van der Waals surface area contributed by atoms with E-state index in [2.05, 4.69) is 15.3 Å². The minimum Gasteiger partial charge on any atom is -0.370 e. The summed E-state index contributed by atoms with van der Waals surface area (Å²) < 4.78 is 24.6. The summed E-state index contributed by atoms with van der Waals surface area (Å²) in [4.78, 5) is 8.87. The third-order valence-electron chi connectivity index (χ3n) is 4.30. The van der Waals surface area contributed by atoms with Gasteiger partial charge in [-0.25, -0.2) is 22.7 Å². The number of hydrogen-bond donors (Lipinski definition) is 1. The van der Waals surface area contributed by atoms with Gasteiger partial charge >= 0.3 is 0 Å². The SMILES string of the molecule is CS(=O)(=O)N1CCC(CNc2ccnc(-c3ccccc3)n2)CC1. The molecule has 1 aromatic heterocycles. The van der Waals surface area contributed by atoms with E-state index in [-0.39, 0.29) is 0 Å². The number of anilines is 1. The molecule has 2 aromatic rings. The van der Waals surface area contributed by atoms with Gasteiger partial charge in [-0.1, -0.05) is 30.3 Å². The molecule has 3 rings (SSSR count). The maximum atomic E-state index is 11.5. The molecule has 0 bridgehead atoms. The quantitative estimate of drug-likeness (QED) is 0.898. The van der Waals surface area contributed by atoms with Crippen LogP contribution in [0.25, 0.3) is 11.4 Å². The minimum atomic E-state index is -3.06. The Labute approximate surface area is 143 Å². The number of sulfonamides is 1. The van der Waals surface area contributed by atoms with Crippen LogP contribution in [-0.4, -0.2) is 48.6 Å². The number of rotatable bonds is 5. The largest absolute Gasteiger partial charge is 0.370 e. The molecule has 0 unspecified atom stereocenters. The minimum absolute atomic E-state index is 0.457. The van der Waals surface area contributed by atoms with Crippen LogP contribution in [0.2, 0.25) is 0 Å². The van der Waals surface area contributed by atoms with E-state index >= 15 is 0 Å². The standard InChI is InChI=1S/C17H22N4O2S/c1-24(22,23)21-11-8-14(9-12-21)13-19-16-7-10-18-17(20-16)15-5-3-2-4-6-15/h2-7,10,14H,8-9,11-13H2,1H3,(H,18,19,20). The van der Waals surface area contributed by atoms with Crippen LogP contribution < -0.4 is 5.32 Å². The van der Waals surface area contributed by atoms with Crippen LogP contribution in [0.5, 0.6) is 0 Å². The molecule has 7 heteroatoms. The highest BCUT2D eigenvalue weighted by molar-refractivity contribution is 7.88. The van der Waals surface area contributed by atoms with E-state index in [0.717, 1.165) is 30.8 Å². The average Bonchev–Trinajstić information content (AvgIpc) is 2.61. The van der Waals surface area contributed by atoms with Crippen LogP contribution in [0.3, 0.4) is 0 Å². The first-order valence-corrected chi connectivity index (χ1v) is 9.94. The van der Waals surface area contributed by atoms with Gasteiger partial charge in [-0.2, -0.15) is 0 Å². The third kappa shape index (κ3) is 4.30. The number of hydrogen-bond acceptors (Lipinski definition) is 5. The van der Waals surface area contributed by atoms with Gasteiger partial charge in [0.25, 0.3) is 0 Å². The van der Waals surface area contributed by atoms with Crippen LogP contribution in [0, 0.1) is 5.92 Å². The summed E-state index contributed by atoms with van der Waals surface area (Å²) >= 11 is 0. The molecule has 0 aliphatic carbocycles. The Hall–Kier alpha value is -1.99. The highest BCUT2D eigenvalue weighted by Gasteiger charge is 2.24. The molecular weight excluding hydrogens is 324 g/mol. The molecule has 2 heterocycles. The van der Waals surface area contributed by atoms with E-state index in [1.807, 2.05) is 36.4 Å². The molecule has 0 amide bonds. The zero-order valence-corrected chi connectivity index (χ0v) is 14.5. The smallest absolute Gasteiger partial charge is 0.211 e. The second-order valence-corrected chi connectivity index (χ2v) is 8.10. The van der Waals surface area contributed by atoms with Gasteiger partial charge in [0.15, 0.2) is 5.82 Å². The van der Waals surface area contributed by atoms with Crippen LogP contribution in [0.4, 0.5) is 5.82 Å². The molecule has 24 heavy (non-hydrogen) atoms. The van der Waals surface area contributed by atoms with Crippen molar-refractivity contribution >= 4 is 15.8 Å². The highest BCUT2D eigenvalue weighted by Crippen LogP contribution is 2.20. The van der Waals surface area contributed by atoms with E-state index in [4.69, 9.17) is 0 Å². The molecule has 1 N–H and O–H groups in total. The Morgan fingerprint density at radius 1 is 1.17 bits per heavy atom. The van der Waals surface area contributed by atoms with Crippen molar-refractivity contribution in [2.24, 2.45) is 5.92 Å². The van der Waals surface area contributed by atoms with Crippen molar-refractivity contribution in [1.82, 2.24) is 14.3 Å². The maximum Gasteiger partial charge on any atom is 0.211 e. The molecule has 1 aliphatic heterocycles. The average molecular weight is 346 g/mol. The first-order chi connectivity index (χ1) is 11.5. The second kappa shape index (κ2) is 7.27. The number of aromatic nitrogens is 2. The predicted molar refractivity (Wildman–Crippen MR) is 95.1 cm³/mol. The van der Waals surface area contributed by atoms with Crippen molar-refractivity contribution in [1.29, 1.82) is 0 Å². The first-order valence-electron chi connectivity index (χ1n) is 8.10. The lowest BCUT2D eigenvalue weighted by molar-refractivity contribution is 0.283. The van der Waals surface area contributed by atoms with E-state index in [9.17, 15) is 8.42 Å². The fourth-order valence-electron chi connectivity index (χ4n) is 2.88. The first kappa shape index (κ1) is 16.9. The predicted octanol–water partition coefficient (Wildman–Crippen LogP) is 2.23. The molecule has 0 radical (unpaired) electrons. The Morgan fingerprint density at radius 3 is 2.54 bits per heavy atom. The summed E-state index contributed by atoms with van der Waals surface area (Å²) in [6.45, 7) is 2.00. The lowest BCUT2D eigenvalue weighted by atomic mass is 9.98. The number of nitrogens with zero attached hydrogens (tertiary/aromatic N) is 3. The molecule has 6 nitrogen and oxygen atoms in total. The Morgan fingerprint density at radius 2 is 1.88 bits per heavy atom. The van der Waals surface area contributed by atoms with Crippen molar-refractivity contribution in [2.45, 2.75) is 12.8 Å². The van der Waals surface area contributed by atoms with Crippen molar-refractivity contribution < 1.29 is 8.42 Å². The van der Waals surface area contributed by atoms with Crippen molar-refractivity contribution in [3.8, 4) is 11.4 Å². The topological polar surface area (TPSA) is 75.2 Å². The number of benzene rings is 1. The maximum absolute atomic E-state index is 11.5. The van der Waals surface area contributed by atoms with E-state index < -0.39 is 10.0 Å². The fraction of sp³-hybridized carbons (Fsp3) is 0.412. The van der Waals surface area contributed by atoms with Gasteiger partial charge in [0.1, 0.15) is 5.82 Å². The molecule has 1 aromatic carbocycles. The normalized spacial score (nSPS) is 16.9. The molecule has 0 atom stereocenters. The molecule has 1 aliphatic rings. The van der Waals surface area contributed by atoms with E-state index in [0.29, 0.717) is 24.8 Å². The van der Waals surface area contributed by atoms with Gasteiger partial charge in [0.2, 0.25) is 10.0 Å². The molecule has 0 saturated carbocycles. The Balaban J connectivity index is 1.56. The van der Waals surface area contributed by atoms with Crippen LogP contribution in [0.1, 0.15) is 12.8 Å². The van der Waals surface area contributed by atoms with Gasteiger partial charge in [-0.05, 0) is 24.8 Å². The fourth-order valence-corrected chi connectivity index (χ4v) is 3.75. The summed E-state index contributed by atoms with van der Waals surface area (Å²) in [5.41, 5.74) is 0.989. The zero-order chi connectivity index (χ0) is 17.0. The summed E-state index contributed by atoms with van der Waals surface area (Å²) in [5.74, 6) is 1.96. The van der Waals surface area contributed by atoms with Gasteiger partial charge in [-0.3, -0.25) is 0 Å². The molecular formula is C17H22N4O2S. The molecule has 128 valence electrons. The lowest BCUT2D eigenvalue weighted by Gasteiger charge is -2.30. The second-order valence-electron chi connectivity index (χ2n) is 6.12. The Kier molecular flexibility index (Phi) is 5.11. The zero-order valence-electron chi connectivity index (χ0n) is 13.7. The van der Waals surface area contributed by atoms with Crippen molar-refractivity contribution in [3.63, 3.8) is 0 Å². The van der Waals surface area contributed by atoms with Crippen molar-refractivity contribution in [3.05, 3.63) is 42.6 Å². The molecule has 1 saturated heterocycles. The van der Waals surface area contributed by atoms with Gasteiger partial charge in [0, 0.05) is 31.4 Å². The third-order valence-corrected chi connectivity index (χ3v) is 5.61. The van der Waals surface area contributed by atoms with Gasteiger partial charge < -0.3 is 5.32 Å². The summed E-state index contributed by atoms with van der Waals surface area (Å²) in [5, 5.41) is 3.36.